The minimum Gasteiger partial charge on any atom is -0.491 e. The Bertz CT molecular complexity index is 882. The molecule has 2 atom stereocenters. The monoisotopic (exact) mass is 423 g/mol. The van der Waals surface area contributed by atoms with E-state index in [9.17, 15) is 13.5 Å². The van der Waals surface area contributed by atoms with Gasteiger partial charge in [-0.1, -0.05) is 23.7 Å². The predicted octanol–water partition coefficient (Wildman–Crippen LogP) is 3.09. The molecule has 2 aromatic rings. The number of aliphatic hydroxyl groups is 1. The van der Waals surface area contributed by atoms with Crippen molar-refractivity contribution in [2.24, 2.45) is 5.92 Å². The summed E-state index contributed by atoms with van der Waals surface area (Å²) in [5, 5.41) is 14.5. The molecule has 0 heterocycles. The summed E-state index contributed by atoms with van der Waals surface area (Å²) in [5.74, 6) is 1.17. The van der Waals surface area contributed by atoms with Crippen LogP contribution in [0.25, 0.3) is 0 Å². The van der Waals surface area contributed by atoms with Crippen molar-refractivity contribution in [2.75, 3.05) is 19.4 Å². The van der Waals surface area contributed by atoms with E-state index in [2.05, 4.69) is 11.4 Å². The highest BCUT2D eigenvalue weighted by Gasteiger charge is 2.31. The lowest BCUT2D eigenvalue weighted by Crippen LogP contribution is -2.40. The average molecular weight is 424 g/mol. The summed E-state index contributed by atoms with van der Waals surface area (Å²) < 4.78 is 28.5. The van der Waals surface area contributed by atoms with Crippen LogP contribution in [0.4, 0.5) is 0 Å². The van der Waals surface area contributed by atoms with Gasteiger partial charge in [-0.2, -0.15) is 0 Å². The first-order chi connectivity index (χ1) is 13.3. The van der Waals surface area contributed by atoms with E-state index in [1.165, 1.54) is 30.5 Å². The van der Waals surface area contributed by atoms with Gasteiger partial charge >= 0.3 is 0 Å². The smallest absolute Gasteiger partial charge is 0.175 e. The van der Waals surface area contributed by atoms with Crippen LogP contribution in [-0.2, 0) is 16.3 Å². The zero-order valence-corrected chi connectivity index (χ0v) is 17.4. The van der Waals surface area contributed by atoms with Gasteiger partial charge in [-0.3, -0.25) is 0 Å². The third kappa shape index (κ3) is 6.48. The van der Waals surface area contributed by atoms with Crippen LogP contribution in [0.3, 0.4) is 0 Å². The molecule has 0 radical (unpaired) electrons. The molecule has 3 rings (SSSR count). The Balaban J connectivity index is 1.46. The van der Waals surface area contributed by atoms with Crippen LogP contribution >= 0.6 is 11.6 Å². The molecule has 0 aliphatic heterocycles. The average Bonchev–Trinajstić information content (AvgIpc) is 3.48. The molecular formula is C21H26ClNO4S. The molecule has 0 saturated heterocycles. The van der Waals surface area contributed by atoms with E-state index in [1.807, 2.05) is 18.2 Å². The lowest BCUT2D eigenvalue weighted by molar-refractivity contribution is 0.102. The van der Waals surface area contributed by atoms with Crippen molar-refractivity contribution in [3.05, 3.63) is 59.1 Å². The first kappa shape index (κ1) is 21.1. The van der Waals surface area contributed by atoms with Crippen LogP contribution < -0.4 is 10.1 Å². The summed E-state index contributed by atoms with van der Waals surface area (Å²) in [6, 6.07) is 14.4. The summed E-state index contributed by atoms with van der Waals surface area (Å²) >= 11 is 6.07. The summed E-state index contributed by atoms with van der Waals surface area (Å²) in [4.78, 5) is 0.246. The van der Waals surface area contributed by atoms with Crippen LogP contribution in [0.1, 0.15) is 18.4 Å². The molecule has 1 saturated carbocycles. The zero-order chi connectivity index (χ0) is 20.1. The van der Waals surface area contributed by atoms with E-state index >= 15 is 0 Å². The van der Waals surface area contributed by atoms with Crippen molar-refractivity contribution < 1.29 is 18.3 Å². The van der Waals surface area contributed by atoms with Gasteiger partial charge in [0.1, 0.15) is 18.5 Å². The fraction of sp³-hybridized carbons (Fsp3) is 0.429. The first-order valence-corrected chi connectivity index (χ1v) is 11.7. The fourth-order valence-corrected chi connectivity index (χ4v) is 3.99. The van der Waals surface area contributed by atoms with Crippen LogP contribution in [0.15, 0.2) is 53.4 Å². The minimum atomic E-state index is -3.22. The molecule has 5 nitrogen and oxygen atoms in total. The number of ether oxygens (including phenoxy) is 1. The van der Waals surface area contributed by atoms with E-state index in [0.29, 0.717) is 24.3 Å². The molecule has 1 aliphatic carbocycles. The Morgan fingerprint density at radius 1 is 1.21 bits per heavy atom. The SMILES string of the molecule is CS(=O)(=O)c1ccc(OCC(O)CNC(Cc2cccc(Cl)c2)C2CC2)cc1. The van der Waals surface area contributed by atoms with Gasteiger partial charge in [0.15, 0.2) is 9.84 Å². The highest BCUT2D eigenvalue weighted by Crippen LogP contribution is 2.34. The highest BCUT2D eigenvalue weighted by atomic mass is 35.5. The Morgan fingerprint density at radius 2 is 1.93 bits per heavy atom. The second-order valence-electron chi connectivity index (χ2n) is 7.39. The normalized spacial score (nSPS) is 16.5. The molecule has 1 aliphatic rings. The number of nitrogens with one attached hydrogen (secondary N) is 1. The van der Waals surface area contributed by atoms with Gasteiger partial charge in [-0.25, -0.2) is 8.42 Å². The molecule has 152 valence electrons. The zero-order valence-electron chi connectivity index (χ0n) is 15.8. The summed E-state index contributed by atoms with van der Waals surface area (Å²) in [5.41, 5.74) is 1.19. The quantitative estimate of drug-likeness (QED) is 0.614. The Kier molecular flexibility index (Phi) is 6.99. The highest BCUT2D eigenvalue weighted by molar-refractivity contribution is 7.90. The molecule has 0 amide bonds. The number of benzene rings is 2. The van der Waals surface area contributed by atoms with E-state index in [0.717, 1.165) is 17.7 Å². The molecule has 7 heteroatoms. The summed E-state index contributed by atoms with van der Waals surface area (Å²) in [6.45, 7) is 0.572. The molecule has 28 heavy (non-hydrogen) atoms. The minimum absolute atomic E-state index is 0.139. The maximum atomic E-state index is 11.5. The Labute approximate surface area is 171 Å². The van der Waals surface area contributed by atoms with Crippen LogP contribution in [0, 0.1) is 5.92 Å². The van der Waals surface area contributed by atoms with Gasteiger partial charge in [-0.05, 0) is 67.1 Å². The van der Waals surface area contributed by atoms with Crippen molar-refractivity contribution in [1.82, 2.24) is 5.32 Å². The van der Waals surface area contributed by atoms with Gasteiger partial charge < -0.3 is 15.2 Å². The van der Waals surface area contributed by atoms with E-state index in [1.54, 1.807) is 12.1 Å². The molecule has 0 aromatic heterocycles. The van der Waals surface area contributed by atoms with Crippen LogP contribution in [-0.4, -0.2) is 45.1 Å². The summed E-state index contributed by atoms with van der Waals surface area (Å²) in [6.07, 6.45) is 3.80. The maximum absolute atomic E-state index is 11.5. The summed E-state index contributed by atoms with van der Waals surface area (Å²) in [7, 11) is -3.22. The maximum Gasteiger partial charge on any atom is 0.175 e. The van der Waals surface area contributed by atoms with Crippen molar-refractivity contribution in [3.63, 3.8) is 0 Å². The number of hydrogen-bond acceptors (Lipinski definition) is 5. The number of halogens is 1. The van der Waals surface area contributed by atoms with E-state index in [-0.39, 0.29) is 11.5 Å². The van der Waals surface area contributed by atoms with Gasteiger partial charge in [0.2, 0.25) is 0 Å². The molecule has 2 unspecified atom stereocenters. The largest absolute Gasteiger partial charge is 0.491 e. The standard InChI is InChI=1S/C21H26ClNO4S/c1-28(25,26)20-9-7-19(8-10-20)27-14-18(24)13-23-21(16-5-6-16)12-15-3-2-4-17(22)11-15/h2-4,7-11,16,18,21,23-24H,5-6,12-14H2,1H3. The lowest BCUT2D eigenvalue weighted by Gasteiger charge is -2.21. The molecule has 0 bridgehead atoms. The third-order valence-electron chi connectivity index (χ3n) is 4.85. The Hall–Kier alpha value is -1.60. The van der Waals surface area contributed by atoms with Crippen molar-refractivity contribution >= 4 is 21.4 Å². The van der Waals surface area contributed by atoms with E-state index in [4.69, 9.17) is 16.3 Å². The molecule has 2 N–H and O–H groups in total. The topological polar surface area (TPSA) is 75.6 Å². The van der Waals surface area contributed by atoms with E-state index < -0.39 is 15.9 Å². The molecule has 1 fully saturated rings. The number of sulfone groups is 1. The number of aliphatic hydroxyl groups excluding tert-OH is 1. The van der Waals surface area contributed by atoms with Crippen molar-refractivity contribution in [3.8, 4) is 5.75 Å². The van der Waals surface area contributed by atoms with Crippen molar-refractivity contribution in [2.45, 2.75) is 36.3 Å². The van der Waals surface area contributed by atoms with Gasteiger partial charge in [-0.15, -0.1) is 0 Å². The molecule has 0 spiro atoms. The second kappa shape index (κ2) is 9.27. The third-order valence-corrected chi connectivity index (χ3v) is 6.21. The van der Waals surface area contributed by atoms with Crippen LogP contribution in [0.5, 0.6) is 5.75 Å². The van der Waals surface area contributed by atoms with Gasteiger partial charge in [0, 0.05) is 23.9 Å². The molecular weight excluding hydrogens is 398 g/mol. The van der Waals surface area contributed by atoms with Crippen LogP contribution in [0.2, 0.25) is 5.02 Å². The fourth-order valence-electron chi connectivity index (χ4n) is 3.14. The predicted molar refractivity (Wildman–Crippen MR) is 111 cm³/mol. The second-order valence-corrected chi connectivity index (χ2v) is 9.85. The van der Waals surface area contributed by atoms with Gasteiger partial charge in [0.25, 0.3) is 0 Å². The lowest BCUT2D eigenvalue weighted by atomic mass is 10.0. The number of hydrogen-bond donors (Lipinski definition) is 2. The van der Waals surface area contributed by atoms with Crippen molar-refractivity contribution in [1.29, 1.82) is 0 Å². The number of rotatable bonds is 10. The first-order valence-electron chi connectivity index (χ1n) is 9.40. The van der Waals surface area contributed by atoms with Gasteiger partial charge in [0.05, 0.1) is 4.90 Å². The Morgan fingerprint density at radius 3 is 2.54 bits per heavy atom. The molecule has 2 aromatic carbocycles.